The second kappa shape index (κ2) is 7.99. The van der Waals surface area contributed by atoms with Gasteiger partial charge in [-0.25, -0.2) is 4.98 Å². The Morgan fingerprint density at radius 2 is 2.20 bits per heavy atom. The zero-order valence-electron chi connectivity index (χ0n) is 13.1. The SMILES string of the molecule is O=C(Nc1nccs1)C1CCCN1C(=O)/C=C/c1cccc(Cl)c1Cl. The second-order valence-electron chi connectivity index (χ2n) is 5.49. The van der Waals surface area contributed by atoms with Gasteiger partial charge >= 0.3 is 0 Å². The first-order valence-electron chi connectivity index (χ1n) is 7.69. The van der Waals surface area contributed by atoms with Gasteiger partial charge in [-0.3, -0.25) is 9.59 Å². The van der Waals surface area contributed by atoms with Gasteiger partial charge in [0.1, 0.15) is 6.04 Å². The van der Waals surface area contributed by atoms with Gasteiger partial charge in [0.15, 0.2) is 5.13 Å². The predicted octanol–water partition coefficient (Wildman–Crippen LogP) is 4.09. The molecule has 1 saturated heterocycles. The summed E-state index contributed by atoms with van der Waals surface area (Å²) < 4.78 is 0. The lowest BCUT2D eigenvalue weighted by atomic mass is 10.2. The number of thiazole rings is 1. The number of halogens is 2. The molecule has 1 fully saturated rings. The number of carbonyl (C=O) groups is 2. The molecule has 2 amide bonds. The summed E-state index contributed by atoms with van der Waals surface area (Å²) in [6, 6.07) is 4.73. The van der Waals surface area contributed by atoms with Gasteiger partial charge in [0, 0.05) is 24.2 Å². The normalized spacial score (nSPS) is 17.2. The molecule has 2 aromatic rings. The van der Waals surface area contributed by atoms with E-state index < -0.39 is 6.04 Å². The van der Waals surface area contributed by atoms with E-state index in [1.807, 2.05) is 0 Å². The summed E-state index contributed by atoms with van der Waals surface area (Å²) in [6.07, 6.45) is 6.08. The van der Waals surface area contributed by atoms with Crippen molar-refractivity contribution in [3.63, 3.8) is 0 Å². The van der Waals surface area contributed by atoms with Crippen LogP contribution in [0, 0.1) is 0 Å². The summed E-state index contributed by atoms with van der Waals surface area (Å²) in [4.78, 5) is 30.5. The van der Waals surface area contributed by atoms with Crippen LogP contribution in [0.3, 0.4) is 0 Å². The van der Waals surface area contributed by atoms with Gasteiger partial charge in [-0.05, 0) is 30.5 Å². The molecule has 1 atom stereocenters. The number of aromatic nitrogens is 1. The van der Waals surface area contributed by atoms with Crippen LogP contribution >= 0.6 is 34.5 Å². The molecule has 1 aliphatic heterocycles. The van der Waals surface area contributed by atoms with Gasteiger partial charge in [-0.2, -0.15) is 0 Å². The first kappa shape index (κ1) is 17.9. The monoisotopic (exact) mass is 395 g/mol. The third-order valence-electron chi connectivity index (χ3n) is 3.89. The second-order valence-corrected chi connectivity index (χ2v) is 7.17. The van der Waals surface area contributed by atoms with Crippen LogP contribution in [-0.2, 0) is 9.59 Å². The number of amides is 2. The Hall–Kier alpha value is -1.89. The molecule has 3 rings (SSSR count). The molecule has 8 heteroatoms. The fourth-order valence-electron chi connectivity index (χ4n) is 2.68. The maximum absolute atomic E-state index is 12.5. The van der Waals surface area contributed by atoms with Gasteiger partial charge in [-0.1, -0.05) is 35.3 Å². The van der Waals surface area contributed by atoms with E-state index in [-0.39, 0.29) is 11.8 Å². The number of benzene rings is 1. The lowest BCUT2D eigenvalue weighted by molar-refractivity contribution is -0.132. The molecule has 1 aliphatic rings. The maximum Gasteiger partial charge on any atom is 0.248 e. The van der Waals surface area contributed by atoms with Crippen molar-refractivity contribution in [2.75, 3.05) is 11.9 Å². The first-order valence-corrected chi connectivity index (χ1v) is 9.33. The van der Waals surface area contributed by atoms with Crippen LogP contribution in [0.5, 0.6) is 0 Å². The zero-order chi connectivity index (χ0) is 17.8. The molecule has 2 heterocycles. The molecule has 130 valence electrons. The minimum atomic E-state index is -0.490. The Labute approximate surface area is 159 Å². The van der Waals surface area contributed by atoms with Gasteiger partial charge < -0.3 is 10.2 Å². The highest BCUT2D eigenvalue weighted by Gasteiger charge is 2.33. The van der Waals surface area contributed by atoms with Crippen LogP contribution in [-0.4, -0.2) is 34.3 Å². The van der Waals surface area contributed by atoms with E-state index in [4.69, 9.17) is 23.2 Å². The van der Waals surface area contributed by atoms with E-state index in [2.05, 4.69) is 10.3 Å². The van der Waals surface area contributed by atoms with Crippen molar-refractivity contribution in [1.29, 1.82) is 0 Å². The number of hydrogen-bond donors (Lipinski definition) is 1. The third-order valence-corrected chi connectivity index (χ3v) is 5.41. The zero-order valence-corrected chi connectivity index (χ0v) is 15.4. The van der Waals surface area contributed by atoms with Gasteiger partial charge in [0.25, 0.3) is 0 Å². The smallest absolute Gasteiger partial charge is 0.248 e. The average Bonchev–Trinajstić information content (AvgIpc) is 3.27. The van der Waals surface area contributed by atoms with Crippen LogP contribution in [0.25, 0.3) is 6.08 Å². The fraction of sp³-hybridized carbons (Fsp3) is 0.235. The molecule has 0 bridgehead atoms. The molecule has 0 saturated carbocycles. The van der Waals surface area contributed by atoms with Crippen molar-refractivity contribution >= 4 is 57.6 Å². The third kappa shape index (κ3) is 4.21. The fourth-order valence-corrected chi connectivity index (χ4v) is 3.59. The quantitative estimate of drug-likeness (QED) is 0.792. The summed E-state index contributed by atoms with van der Waals surface area (Å²) in [5.41, 5.74) is 0.658. The van der Waals surface area contributed by atoms with Crippen molar-refractivity contribution in [2.45, 2.75) is 18.9 Å². The molecule has 1 aromatic heterocycles. The first-order chi connectivity index (χ1) is 12.1. The number of anilines is 1. The van der Waals surface area contributed by atoms with E-state index in [0.29, 0.717) is 33.7 Å². The van der Waals surface area contributed by atoms with Crippen LogP contribution in [0.1, 0.15) is 18.4 Å². The Morgan fingerprint density at radius 3 is 2.96 bits per heavy atom. The van der Waals surface area contributed by atoms with Crippen molar-refractivity contribution in [3.05, 3.63) is 51.5 Å². The van der Waals surface area contributed by atoms with Crippen molar-refractivity contribution in [1.82, 2.24) is 9.88 Å². The number of nitrogens with one attached hydrogen (secondary N) is 1. The molecule has 5 nitrogen and oxygen atoms in total. The topological polar surface area (TPSA) is 62.3 Å². The van der Waals surface area contributed by atoms with E-state index in [0.717, 1.165) is 6.42 Å². The molecular formula is C17H15Cl2N3O2S. The number of rotatable bonds is 4. The van der Waals surface area contributed by atoms with Gasteiger partial charge in [0.2, 0.25) is 11.8 Å². The molecule has 25 heavy (non-hydrogen) atoms. The van der Waals surface area contributed by atoms with Crippen LogP contribution in [0.2, 0.25) is 10.0 Å². The number of hydrogen-bond acceptors (Lipinski definition) is 4. The summed E-state index contributed by atoms with van der Waals surface area (Å²) in [5, 5.41) is 5.89. The molecule has 1 unspecified atom stereocenters. The highest BCUT2D eigenvalue weighted by Crippen LogP contribution is 2.27. The largest absolute Gasteiger partial charge is 0.327 e. The van der Waals surface area contributed by atoms with Crippen LogP contribution in [0.4, 0.5) is 5.13 Å². The van der Waals surface area contributed by atoms with Gasteiger partial charge in [-0.15, -0.1) is 11.3 Å². The van der Waals surface area contributed by atoms with Crippen molar-refractivity contribution in [2.24, 2.45) is 0 Å². The molecule has 0 radical (unpaired) electrons. The van der Waals surface area contributed by atoms with Gasteiger partial charge in [0.05, 0.1) is 10.0 Å². The average molecular weight is 396 g/mol. The maximum atomic E-state index is 12.5. The molecule has 0 spiro atoms. The summed E-state index contributed by atoms with van der Waals surface area (Å²) in [5.74, 6) is -0.442. The van der Waals surface area contributed by atoms with E-state index in [1.165, 1.54) is 17.4 Å². The predicted molar refractivity (Wildman–Crippen MR) is 101 cm³/mol. The Bertz CT molecular complexity index is 808. The minimum Gasteiger partial charge on any atom is -0.327 e. The number of carbonyl (C=O) groups excluding carboxylic acids is 2. The minimum absolute atomic E-state index is 0.213. The highest BCUT2D eigenvalue weighted by atomic mass is 35.5. The molecule has 0 aliphatic carbocycles. The molecule has 1 N–H and O–H groups in total. The summed E-state index contributed by atoms with van der Waals surface area (Å²) in [6.45, 7) is 0.544. The standard InChI is InChI=1S/C17H15Cl2N3O2S/c18-12-4-1-3-11(15(12)19)6-7-14(23)22-9-2-5-13(22)16(24)21-17-20-8-10-25-17/h1,3-4,6-8,10,13H,2,5,9H2,(H,20,21,24)/b7-6+. The number of likely N-dealkylation sites (tertiary alicyclic amines) is 1. The summed E-state index contributed by atoms with van der Waals surface area (Å²) in [7, 11) is 0. The Balaban J connectivity index is 1.69. The summed E-state index contributed by atoms with van der Waals surface area (Å²) >= 11 is 13.4. The van der Waals surface area contributed by atoms with Crippen LogP contribution < -0.4 is 5.32 Å². The van der Waals surface area contributed by atoms with E-state index in [1.54, 1.807) is 40.8 Å². The Kier molecular flexibility index (Phi) is 5.73. The lowest BCUT2D eigenvalue weighted by Crippen LogP contribution is -2.42. The Morgan fingerprint density at radius 1 is 1.36 bits per heavy atom. The van der Waals surface area contributed by atoms with E-state index >= 15 is 0 Å². The van der Waals surface area contributed by atoms with Crippen LogP contribution in [0.15, 0.2) is 35.9 Å². The molecular weight excluding hydrogens is 381 g/mol. The molecule has 1 aromatic carbocycles. The highest BCUT2D eigenvalue weighted by molar-refractivity contribution is 7.13. The number of nitrogens with zero attached hydrogens (tertiary/aromatic N) is 2. The lowest BCUT2D eigenvalue weighted by Gasteiger charge is -2.22. The van der Waals surface area contributed by atoms with Crippen molar-refractivity contribution < 1.29 is 9.59 Å². The van der Waals surface area contributed by atoms with Crippen molar-refractivity contribution in [3.8, 4) is 0 Å². The van der Waals surface area contributed by atoms with E-state index in [9.17, 15) is 9.59 Å².